The van der Waals surface area contributed by atoms with Crippen LogP contribution in [-0.2, 0) is 0 Å². The Bertz CT molecular complexity index is 565. The molecule has 0 spiro atoms. The van der Waals surface area contributed by atoms with Gasteiger partial charge in [0, 0.05) is 0 Å². The lowest BCUT2D eigenvalue weighted by atomic mass is 10.1. The second kappa shape index (κ2) is 5.61. The number of ether oxygens (including phenoxy) is 1. The van der Waals surface area contributed by atoms with E-state index < -0.39 is 8.07 Å². The second-order valence-corrected chi connectivity index (χ2v) is 10.9. The standard InChI is InChI=1S/C18H26OSi/c1-13(2)15-10-8-11-16(15)20(5,6)17-12-7-9-14(3)18(17)19-4/h7-10,12-13H,11H2,1-6H3. The van der Waals surface area contributed by atoms with Crippen molar-refractivity contribution in [3.8, 4) is 5.75 Å². The van der Waals surface area contributed by atoms with Crippen molar-refractivity contribution in [2.45, 2.75) is 40.3 Å². The predicted octanol–water partition coefficient (Wildman–Crippen LogP) is 4.37. The summed E-state index contributed by atoms with van der Waals surface area (Å²) in [5.74, 6) is 1.69. The van der Waals surface area contributed by atoms with E-state index in [-0.39, 0.29) is 0 Å². The third-order valence-corrected chi connectivity index (χ3v) is 8.18. The number of hydrogen-bond donors (Lipinski definition) is 0. The summed E-state index contributed by atoms with van der Waals surface area (Å²) in [5, 5.41) is 3.09. The highest BCUT2D eigenvalue weighted by atomic mass is 28.3. The smallest absolute Gasteiger partial charge is 0.121 e. The van der Waals surface area contributed by atoms with Gasteiger partial charge in [-0.15, -0.1) is 0 Å². The van der Waals surface area contributed by atoms with Crippen LogP contribution in [0, 0.1) is 12.8 Å². The van der Waals surface area contributed by atoms with Gasteiger partial charge >= 0.3 is 0 Å². The fourth-order valence-electron chi connectivity index (χ4n) is 3.26. The first kappa shape index (κ1) is 15.1. The van der Waals surface area contributed by atoms with Gasteiger partial charge in [-0.3, -0.25) is 0 Å². The maximum Gasteiger partial charge on any atom is 0.121 e. The van der Waals surface area contributed by atoms with E-state index in [9.17, 15) is 0 Å². The number of aryl methyl sites for hydroxylation is 1. The van der Waals surface area contributed by atoms with Gasteiger partial charge in [-0.25, -0.2) is 0 Å². The minimum absolute atomic E-state index is 0.603. The molecule has 1 nitrogen and oxygen atoms in total. The Labute approximate surface area is 124 Å². The summed E-state index contributed by atoms with van der Waals surface area (Å²) in [4.78, 5) is 0. The van der Waals surface area contributed by atoms with Gasteiger partial charge in [-0.05, 0) is 35.6 Å². The molecule has 0 bridgehead atoms. The Kier molecular flexibility index (Phi) is 4.24. The molecule has 1 aromatic carbocycles. The van der Waals surface area contributed by atoms with Crippen molar-refractivity contribution in [3.63, 3.8) is 0 Å². The minimum Gasteiger partial charge on any atom is -0.497 e. The van der Waals surface area contributed by atoms with Crippen LogP contribution in [0.3, 0.4) is 0 Å². The fraction of sp³-hybridized carbons (Fsp3) is 0.444. The SMILES string of the molecule is COc1c(C)cccc1[Si](C)(C)C1=C(C(C)C)C=CC1. The van der Waals surface area contributed by atoms with Crippen LogP contribution in [0.2, 0.25) is 13.1 Å². The molecule has 108 valence electrons. The van der Waals surface area contributed by atoms with Crippen molar-refractivity contribution in [1.82, 2.24) is 0 Å². The molecule has 0 unspecified atom stereocenters. The van der Waals surface area contributed by atoms with E-state index >= 15 is 0 Å². The molecule has 0 N–H and O–H groups in total. The number of para-hydroxylation sites is 1. The molecule has 0 amide bonds. The summed E-state index contributed by atoms with van der Waals surface area (Å²) in [6, 6.07) is 6.57. The number of allylic oxidation sites excluding steroid dienone is 4. The molecule has 0 aromatic heterocycles. The predicted molar refractivity (Wildman–Crippen MR) is 90.5 cm³/mol. The van der Waals surface area contributed by atoms with Crippen molar-refractivity contribution in [3.05, 3.63) is 46.7 Å². The molecule has 0 saturated heterocycles. The van der Waals surface area contributed by atoms with Crippen LogP contribution in [0.15, 0.2) is 41.1 Å². The summed E-state index contributed by atoms with van der Waals surface area (Å²) in [6.45, 7) is 11.6. The molecule has 0 fully saturated rings. The monoisotopic (exact) mass is 286 g/mol. The summed E-state index contributed by atoms with van der Waals surface area (Å²) < 4.78 is 5.71. The van der Waals surface area contributed by atoms with Crippen LogP contribution in [0.4, 0.5) is 0 Å². The molecule has 0 aliphatic heterocycles. The van der Waals surface area contributed by atoms with Crippen molar-refractivity contribution in [2.75, 3.05) is 7.11 Å². The number of rotatable bonds is 4. The zero-order valence-corrected chi connectivity index (χ0v) is 14.6. The van der Waals surface area contributed by atoms with Crippen molar-refractivity contribution in [2.24, 2.45) is 5.92 Å². The molecule has 1 aliphatic rings. The lowest BCUT2D eigenvalue weighted by Crippen LogP contribution is -2.45. The molecule has 0 heterocycles. The van der Waals surface area contributed by atoms with E-state index in [0.717, 1.165) is 12.2 Å². The van der Waals surface area contributed by atoms with Gasteiger partial charge in [-0.1, -0.05) is 62.5 Å². The molecule has 20 heavy (non-hydrogen) atoms. The van der Waals surface area contributed by atoms with Gasteiger partial charge in [0.25, 0.3) is 0 Å². The lowest BCUT2D eigenvalue weighted by Gasteiger charge is -2.30. The van der Waals surface area contributed by atoms with E-state index in [1.807, 2.05) is 0 Å². The van der Waals surface area contributed by atoms with E-state index in [1.54, 1.807) is 17.9 Å². The van der Waals surface area contributed by atoms with Crippen molar-refractivity contribution in [1.29, 1.82) is 0 Å². The number of benzene rings is 1. The molecule has 2 heteroatoms. The molecule has 0 saturated carbocycles. The van der Waals surface area contributed by atoms with E-state index in [4.69, 9.17) is 4.74 Å². The highest BCUT2D eigenvalue weighted by molar-refractivity contribution is 6.96. The molecule has 0 radical (unpaired) electrons. The van der Waals surface area contributed by atoms with Gasteiger partial charge in [0.15, 0.2) is 0 Å². The first-order valence-electron chi connectivity index (χ1n) is 7.43. The number of hydrogen-bond acceptors (Lipinski definition) is 1. The van der Waals surface area contributed by atoms with Crippen LogP contribution in [0.25, 0.3) is 0 Å². The van der Waals surface area contributed by atoms with Crippen LogP contribution < -0.4 is 9.92 Å². The molecule has 1 aromatic rings. The molecule has 0 atom stereocenters. The third kappa shape index (κ3) is 2.49. The number of methoxy groups -OCH3 is 1. The Morgan fingerprint density at radius 3 is 2.50 bits per heavy atom. The molecular weight excluding hydrogens is 260 g/mol. The van der Waals surface area contributed by atoms with Crippen LogP contribution in [0.1, 0.15) is 25.8 Å². The summed E-state index contributed by atoms with van der Waals surface area (Å²) in [7, 11) is 0.116. The topological polar surface area (TPSA) is 9.23 Å². The van der Waals surface area contributed by atoms with Crippen LogP contribution in [0.5, 0.6) is 5.75 Å². The molecule has 1 aliphatic carbocycles. The van der Waals surface area contributed by atoms with Crippen molar-refractivity contribution < 1.29 is 4.74 Å². The average Bonchev–Trinajstić information content (AvgIpc) is 2.88. The van der Waals surface area contributed by atoms with Gasteiger partial charge < -0.3 is 4.74 Å². The Morgan fingerprint density at radius 1 is 1.20 bits per heavy atom. The van der Waals surface area contributed by atoms with E-state index in [2.05, 4.69) is 64.2 Å². The summed E-state index contributed by atoms with van der Waals surface area (Å²) in [6.07, 6.45) is 5.77. The van der Waals surface area contributed by atoms with Crippen LogP contribution >= 0.6 is 0 Å². The van der Waals surface area contributed by atoms with Gasteiger partial charge in [0.2, 0.25) is 0 Å². The maximum atomic E-state index is 5.71. The Morgan fingerprint density at radius 2 is 1.90 bits per heavy atom. The van der Waals surface area contributed by atoms with E-state index in [0.29, 0.717) is 5.92 Å². The fourth-order valence-corrected chi connectivity index (χ4v) is 6.68. The highest BCUT2D eigenvalue weighted by Gasteiger charge is 2.34. The second-order valence-electron chi connectivity index (χ2n) is 6.48. The lowest BCUT2D eigenvalue weighted by molar-refractivity contribution is 0.415. The largest absolute Gasteiger partial charge is 0.497 e. The van der Waals surface area contributed by atoms with Gasteiger partial charge in [-0.2, -0.15) is 0 Å². The first-order valence-corrected chi connectivity index (χ1v) is 10.4. The van der Waals surface area contributed by atoms with Gasteiger partial charge in [0.05, 0.1) is 7.11 Å². The van der Waals surface area contributed by atoms with Gasteiger partial charge in [0.1, 0.15) is 13.8 Å². The first-order chi connectivity index (χ1) is 9.39. The Hall–Kier alpha value is -1.28. The Balaban J connectivity index is 2.57. The zero-order chi connectivity index (χ0) is 14.9. The molecule has 2 rings (SSSR count). The summed E-state index contributed by atoms with van der Waals surface area (Å²) >= 11 is 0. The maximum absolute atomic E-state index is 5.71. The minimum atomic E-state index is -1.68. The normalized spacial score (nSPS) is 15.3. The van der Waals surface area contributed by atoms with Crippen LogP contribution in [-0.4, -0.2) is 15.2 Å². The zero-order valence-electron chi connectivity index (χ0n) is 13.6. The summed E-state index contributed by atoms with van der Waals surface area (Å²) in [5.41, 5.74) is 2.79. The van der Waals surface area contributed by atoms with Crippen molar-refractivity contribution >= 4 is 13.3 Å². The highest BCUT2D eigenvalue weighted by Crippen LogP contribution is 2.34. The third-order valence-electron chi connectivity index (χ3n) is 4.43. The van der Waals surface area contributed by atoms with E-state index in [1.165, 1.54) is 10.8 Å². The quantitative estimate of drug-likeness (QED) is 0.747. The average molecular weight is 286 g/mol. The molecular formula is C18H26OSi.